The van der Waals surface area contributed by atoms with Crippen molar-refractivity contribution in [3.8, 4) is 0 Å². The van der Waals surface area contributed by atoms with Gasteiger partial charge in [0.05, 0.1) is 13.2 Å². The van der Waals surface area contributed by atoms with E-state index in [1.54, 1.807) is 24.3 Å². The molecular formula is C19H18FNO2. The van der Waals surface area contributed by atoms with E-state index in [9.17, 15) is 9.18 Å². The highest BCUT2D eigenvalue weighted by atomic mass is 19.1. The van der Waals surface area contributed by atoms with Crippen LogP contribution < -0.4 is 4.90 Å². The van der Waals surface area contributed by atoms with E-state index in [2.05, 4.69) is 4.90 Å². The van der Waals surface area contributed by atoms with Crippen LogP contribution in [0.1, 0.15) is 15.9 Å². The molecule has 1 aliphatic rings. The van der Waals surface area contributed by atoms with Crippen LogP contribution in [-0.4, -0.2) is 32.1 Å². The van der Waals surface area contributed by atoms with E-state index in [1.807, 2.05) is 18.2 Å². The van der Waals surface area contributed by atoms with Crippen molar-refractivity contribution in [1.29, 1.82) is 0 Å². The maximum Gasteiger partial charge on any atom is 0.185 e. The van der Waals surface area contributed by atoms with Gasteiger partial charge in [0.15, 0.2) is 5.78 Å². The highest BCUT2D eigenvalue weighted by Gasteiger charge is 2.12. The van der Waals surface area contributed by atoms with E-state index >= 15 is 0 Å². The molecule has 3 rings (SSSR count). The Labute approximate surface area is 135 Å². The molecule has 0 aromatic heterocycles. The molecule has 0 bridgehead atoms. The summed E-state index contributed by atoms with van der Waals surface area (Å²) in [6, 6.07) is 13.7. The number of carbonyl (C=O) groups excluding carboxylic acids is 1. The summed E-state index contributed by atoms with van der Waals surface area (Å²) in [6.45, 7) is 3.07. The molecule has 23 heavy (non-hydrogen) atoms. The Morgan fingerprint density at radius 3 is 2.65 bits per heavy atom. The van der Waals surface area contributed by atoms with Crippen molar-refractivity contribution in [2.24, 2.45) is 0 Å². The lowest BCUT2D eigenvalue weighted by Crippen LogP contribution is -2.36. The molecule has 1 aliphatic heterocycles. The lowest BCUT2D eigenvalue weighted by molar-refractivity contribution is 0.104. The summed E-state index contributed by atoms with van der Waals surface area (Å²) in [7, 11) is 0. The molecule has 3 nitrogen and oxygen atoms in total. The topological polar surface area (TPSA) is 29.5 Å². The lowest BCUT2D eigenvalue weighted by atomic mass is 10.1. The standard InChI is InChI=1S/C19H18FNO2/c20-17-5-1-3-15(13-17)7-8-19(22)16-4-2-6-18(14-16)21-9-11-23-12-10-21/h1-8,13-14H,9-12H2. The minimum absolute atomic E-state index is 0.0932. The summed E-state index contributed by atoms with van der Waals surface area (Å²) in [5.41, 5.74) is 2.32. The van der Waals surface area contributed by atoms with Crippen LogP contribution >= 0.6 is 0 Å². The summed E-state index contributed by atoms with van der Waals surface area (Å²) >= 11 is 0. The van der Waals surface area contributed by atoms with Crippen molar-refractivity contribution in [3.63, 3.8) is 0 Å². The third-order valence-corrected chi connectivity index (χ3v) is 3.78. The molecule has 0 spiro atoms. The molecule has 2 aromatic rings. The van der Waals surface area contributed by atoms with Crippen LogP contribution in [0.3, 0.4) is 0 Å². The number of anilines is 1. The van der Waals surface area contributed by atoms with Gasteiger partial charge < -0.3 is 9.64 Å². The van der Waals surface area contributed by atoms with Crippen molar-refractivity contribution in [3.05, 3.63) is 71.6 Å². The van der Waals surface area contributed by atoms with Crippen molar-refractivity contribution < 1.29 is 13.9 Å². The van der Waals surface area contributed by atoms with Crippen LogP contribution in [0.2, 0.25) is 0 Å². The molecule has 0 atom stereocenters. The van der Waals surface area contributed by atoms with Crippen LogP contribution in [0.5, 0.6) is 0 Å². The van der Waals surface area contributed by atoms with Crippen LogP contribution in [0.15, 0.2) is 54.6 Å². The molecule has 1 heterocycles. The monoisotopic (exact) mass is 311 g/mol. The Kier molecular flexibility index (Phi) is 4.83. The number of rotatable bonds is 4. The average Bonchev–Trinajstić information content (AvgIpc) is 2.61. The van der Waals surface area contributed by atoms with Crippen molar-refractivity contribution >= 4 is 17.5 Å². The number of hydrogen-bond donors (Lipinski definition) is 0. The van der Waals surface area contributed by atoms with Gasteiger partial charge in [0.2, 0.25) is 0 Å². The predicted octanol–water partition coefficient (Wildman–Crippen LogP) is 3.56. The number of ether oxygens (including phenoxy) is 1. The van der Waals surface area contributed by atoms with Crippen LogP contribution in [0.25, 0.3) is 6.08 Å². The summed E-state index contributed by atoms with van der Waals surface area (Å²) < 4.78 is 18.5. The SMILES string of the molecule is O=C(C=Cc1cccc(F)c1)c1cccc(N2CCOCC2)c1. The molecule has 118 valence electrons. The van der Waals surface area contributed by atoms with Gasteiger partial charge in [-0.25, -0.2) is 4.39 Å². The number of carbonyl (C=O) groups is 1. The van der Waals surface area contributed by atoms with E-state index in [0.29, 0.717) is 24.3 Å². The quantitative estimate of drug-likeness (QED) is 0.639. The Morgan fingerprint density at radius 1 is 1.09 bits per heavy atom. The predicted molar refractivity (Wildman–Crippen MR) is 89.2 cm³/mol. The average molecular weight is 311 g/mol. The molecular weight excluding hydrogens is 293 g/mol. The van der Waals surface area contributed by atoms with Gasteiger partial charge in [-0.05, 0) is 35.9 Å². The highest BCUT2D eigenvalue weighted by Crippen LogP contribution is 2.18. The molecule has 0 N–H and O–H groups in total. The van der Waals surface area contributed by atoms with E-state index in [4.69, 9.17) is 4.74 Å². The summed E-state index contributed by atoms with van der Waals surface area (Å²) in [5.74, 6) is -0.404. The van der Waals surface area contributed by atoms with Gasteiger partial charge in [0.1, 0.15) is 5.82 Å². The second-order valence-corrected chi connectivity index (χ2v) is 5.40. The van der Waals surface area contributed by atoms with E-state index in [0.717, 1.165) is 18.8 Å². The molecule has 0 unspecified atom stereocenters. The molecule has 2 aromatic carbocycles. The van der Waals surface area contributed by atoms with Crippen molar-refractivity contribution in [1.82, 2.24) is 0 Å². The first kappa shape index (κ1) is 15.4. The minimum atomic E-state index is -0.311. The molecule has 0 saturated carbocycles. The second kappa shape index (κ2) is 7.20. The minimum Gasteiger partial charge on any atom is -0.378 e. The third-order valence-electron chi connectivity index (χ3n) is 3.78. The van der Waals surface area contributed by atoms with Gasteiger partial charge in [0.25, 0.3) is 0 Å². The fraction of sp³-hybridized carbons (Fsp3) is 0.211. The lowest BCUT2D eigenvalue weighted by Gasteiger charge is -2.29. The fourth-order valence-corrected chi connectivity index (χ4v) is 2.56. The van der Waals surface area contributed by atoms with E-state index in [1.165, 1.54) is 18.2 Å². The van der Waals surface area contributed by atoms with Crippen LogP contribution in [0, 0.1) is 5.82 Å². The number of ketones is 1. The van der Waals surface area contributed by atoms with E-state index in [-0.39, 0.29) is 11.6 Å². The third kappa shape index (κ3) is 4.05. The van der Waals surface area contributed by atoms with Crippen molar-refractivity contribution in [2.75, 3.05) is 31.2 Å². The molecule has 0 aliphatic carbocycles. The smallest absolute Gasteiger partial charge is 0.185 e. The summed E-state index contributed by atoms with van der Waals surface area (Å²) in [4.78, 5) is 14.5. The molecule has 0 amide bonds. The van der Waals surface area contributed by atoms with E-state index < -0.39 is 0 Å². The Hall–Kier alpha value is -2.46. The molecule has 0 radical (unpaired) electrons. The molecule has 1 saturated heterocycles. The van der Waals surface area contributed by atoms with Crippen molar-refractivity contribution in [2.45, 2.75) is 0 Å². The maximum atomic E-state index is 13.1. The molecule has 4 heteroatoms. The first-order valence-corrected chi connectivity index (χ1v) is 7.63. The first-order valence-electron chi connectivity index (χ1n) is 7.63. The second-order valence-electron chi connectivity index (χ2n) is 5.40. The number of halogens is 1. The van der Waals surface area contributed by atoms with Gasteiger partial charge in [-0.1, -0.05) is 30.3 Å². The van der Waals surface area contributed by atoms with Gasteiger partial charge in [-0.3, -0.25) is 4.79 Å². The van der Waals surface area contributed by atoms with Gasteiger partial charge >= 0.3 is 0 Å². The number of allylic oxidation sites excluding steroid dienone is 1. The maximum absolute atomic E-state index is 13.1. The van der Waals surface area contributed by atoms with Gasteiger partial charge in [-0.15, -0.1) is 0 Å². The Bertz CT molecular complexity index is 721. The number of morpholine rings is 1. The zero-order valence-corrected chi connectivity index (χ0v) is 12.7. The van der Waals surface area contributed by atoms with Crippen LogP contribution in [-0.2, 0) is 4.74 Å². The zero-order chi connectivity index (χ0) is 16.1. The summed E-state index contributed by atoms with van der Waals surface area (Å²) in [5, 5.41) is 0. The highest BCUT2D eigenvalue weighted by molar-refractivity contribution is 6.07. The van der Waals surface area contributed by atoms with Gasteiger partial charge in [-0.2, -0.15) is 0 Å². The molecule has 1 fully saturated rings. The number of benzene rings is 2. The normalized spacial score (nSPS) is 15.1. The van der Waals surface area contributed by atoms with Gasteiger partial charge in [0, 0.05) is 24.3 Å². The number of nitrogens with zero attached hydrogens (tertiary/aromatic N) is 1. The number of hydrogen-bond acceptors (Lipinski definition) is 3. The van der Waals surface area contributed by atoms with Crippen LogP contribution in [0.4, 0.5) is 10.1 Å². The Morgan fingerprint density at radius 2 is 1.87 bits per heavy atom. The Balaban J connectivity index is 1.74. The zero-order valence-electron chi connectivity index (χ0n) is 12.7. The fourth-order valence-electron chi connectivity index (χ4n) is 2.56. The summed E-state index contributed by atoms with van der Waals surface area (Å²) in [6.07, 6.45) is 3.11. The first-order chi connectivity index (χ1) is 11.2. The largest absolute Gasteiger partial charge is 0.378 e.